The molecule has 5 rings (SSSR count). The summed E-state index contributed by atoms with van der Waals surface area (Å²) in [5.41, 5.74) is 4.42. The number of thiocarbonyl (C=S) groups is 1. The van der Waals surface area contributed by atoms with Gasteiger partial charge in [0.05, 0.1) is 12.3 Å². The summed E-state index contributed by atoms with van der Waals surface area (Å²) in [6, 6.07) is 15.7. The van der Waals surface area contributed by atoms with E-state index in [-0.39, 0.29) is 30.3 Å². The van der Waals surface area contributed by atoms with Gasteiger partial charge in [0.15, 0.2) is 11.5 Å². The summed E-state index contributed by atoms with van der Waals surface area (Å²) in [7, 11) is 0. The number of ether oxygens (including phenoxy) is 2. The number of anilines is 1. The minimum absolute atomic E-state index is 0.121. The lowest BCUT2D eigenvalue weighted by Crippen LogP contribution is -2.45. The first-order valence-corrected chi connectivity index (χ1v) is 13.2. The van der Waals surface area contributed by atoms with E-state index < -0.39 is 5.92 Å². The van der Waals surface area contributed by atoms with E-state index in [1.807, 2.05) is 12.1 Å². The van der Waals surface area contributed by atoms with Gasteiger partial charge in [-0.25, -0.2) is 4.99 Å². The summed E-state index contributed by atoms with van der Waals surface area (Å²) < 4.78 is 10.8. The van der Waals surface area contributed by atoms with Crippen molar-refractivity contribution in [2.45, 2.75) is 26.8 Å². The van der Waals surface area contributed by atoms with Gasteiger partial charge in [-0.2, -0.15) is 0 Å². The Hall–Kier alpha value is -3.98. The number of nitrogens with one attached hydrogen (secondary N) is 1. The van der Waals surface area contributed by atoms with Gasteiger partial charge in [-0.1, -0.05) is 24.3 Å². The normalized spacial score (nSPS) is 17.9. The molecule has 9 heteroatoms. The van der Waals surface area contributed by atoms with E-state index in [0.717, 1.165) is 25.1 Å². The van der Waals surface area contributed by atoms with E-state index >= 15 is 0 Å². The molecule has 1 unspecified atom stereocenters. The Kier molecular flexibility index (Phi) is 7.55. The predicted octanol–water partition coefficient (Wildman–Crippen LogP) is 4.11. The molecule has 1 fully saturated rings. The zero-order chi connectivity index (χ0) is 26.6. The molecule has 2 heterocycles. The third-order valence-corrected chi connectivity index (χ3v) is 7.08. The third-order valence-electron chi connectivity index (χ3n) is 6.77. The minimum atomic E-state index is -0.554. The van der Waals surface area contributed by atoms with E-state index in [0.29, 0.717) is 29.3 Å². The summed E-state index contributed by atoms with van der Waals surface area (Å²) in [5.74, 6) is 0.299. The lowest BCUT2D eigenvalue weighted by atomic mass is 9.93. The van der Waals surface area contributed by atoms with Gasteiger partial charge < -0.3 is 19.7 Å². The number of amides is 2. The van der Waals surface area contributed by atoms with Crippen LogP contribution in [0.4, 0.5) is 5.69 Å². The third kappa shape index (κ3) is 5.47. The SMILES string of the molecule is CCN(CCCNC(=O)c1ccc(CN2C(=O)C3C=C4OCOC4=CC3=NC2=S)cc1)c1cccc(C)c1. The highest BCUT2D eigenvalue weighted by Crippen LogP contribution is 2.31. The largest absolute Gasteiger partial charge is 0.454 e. The van der Waals surface area contributed by atoms with E-state index in [2.05, 4.69) is 53.3 Å². The molecule has 2 aromatic rings. The van der Waals surface area contributed by atoms with Crippen molar-refractivity contribution in [1.82, 2.24) is 10.2 Å². The molecular weight excluding hydrogens is 500 g/mol. The second kappa shape index (κ2) is 11.2. The van der Waals surface area contributed by atoms with Gasteiger partial charge in [0.1, 0.15) is 5.92 Å². The van der Waals surface area contributed by atoms with Gasteiger partial charge in [-0.3, -0.25) is 14.5 Å². The van der Waals surface area contributed by atoms with Gasteiger partial charge in [-0.05, 0) is 74.0 Å². The first-order valence-electron chi connectivity index (χ1n) is 12.7. The smallest absolute Gasteiger partial charge is 0.251 e. The molecule has 1 saturated heterocycles. The maximum atomic E-state index is 13.2. The van der Waals surface area contributed by atoms with Crippen LogP contribution in [-0.4, -0.2) is 54.0 Å². The molecule has 0 aromatic heterocycles. The highest BCUT2D eigenvalue weighted by molar-refractivity contribution is 7.80. The highest BCUT2D eigenvalue weighted by Gasteiger charge is 2.38. The van der Waals surface area contributed by atoms with Crippen LogP contribution in [0.5, 0.6) is 0 Å². The van der Waals surface area contributed by atoms with Crippen LogP contribution in [0.3, 0.4) is 0 Å². The average molecular weight is 531 g/mol. The van der Waals surface area contributed by atoms with Crippen molar-refractivity contribution in [1.29, 1.82) is 0 Å². The zero-order valence-electron chi connectivity index (χ0n) is 21.5. The van der Waals surface area contributed by atoms with Crippen LogP contribution >= 0.6 is 12.2 Å². The number of benzene rings is 2. The Balaban J connectivity index is 1.14. The van der Waals surface area contributed by atoms with E-state index in [1.54, 1.807) is 24.3 Å². The molecule has 196 valence electrons. The molecule has 1 atom stereocenters. The number of hydrogen-bond acceptors (Lipinski definition) is 6. The maximum absolute atomic E-state index is 13.2. The highest BCUT2D eigenvalue weighted by atomic mass is 32.1. The second-order valence-corrected chi connectivity index (χ2v) is 9.76. The van der Waals surface area contributed by atoms with Crippen molar-refractivity contribution >= 4 is 40.5 Å². The van der Waals surface area contributed by atoms with Crippen molar-refractivity contribution in [2.24, 2.45) is 10.9 Å². The quantitative estimate of drug-likeness (QED) is 0.388. The summed E-state index contributed by atoms with van der Waals surface area (Å²) in [6.07, 6.45) is 4.28. The topological polar surface area (TPSA) is 83.5 Å². The molecule has 0 bridgehead atoms. The van der Waals surface area contributed by atoms with Gasteiger partial charge in [0, 0.05) is 37.0 Å². The molecule has 0 radical (unpaired) electrons. The molecule has 0 spiro atoms. The number of hydrogen-bond donors (Lipinski definition) is 1. The molecular formula is C29H30N4O4S. The Bertz CT molecular complexity index is 1350. The first-order chi connectivity index (χ1) is 18.4. The predicted molar refractivity (Wildman–Crippen MR) is 150 cm³/mol. The van der Waals surface area contributed by atoms with Crippen LogP contribution in [0.1, 0.15) is 34.8 Å². The standard InChI is InChI=1S/C29H30N4O4S/c1-3-32(22-7-4-6-19(2)14-22)13-5-12-30-27(34)21-10-8-20(9-11-21)17-33-28(35)23-15-25-26(37-18-36-25)16-24(23)31-29(33)38/h4,6-11,14-16,23H,3,5,12-13,17-18H2,1-2H3,(H,30,34). The van der Waals surface area contributed by atoms with Gasteiger partial charge in [0.25, 0.3) is 5.91 Å². The number of aryl methyl sites for hydroxylation is 1. The van der Waals surface area contributed by atoms with Crippen molar-refractivity contribution in [3.63, 3.8) is 0 Å². The average Bonchev–Trinajstić information content (AvgIpc) is 3.38. The van der Waals surface area contributed by atoms with Gasteiger partial charge in [0.2, 0.25) is 17.8 Å². The first kappa shape index (κ1) is 25.7. The molecule has 2 aliphatic heterocycles. The minimum Gasteiger partial charge on any atom is -0.454 e. The second-order valence-electron chi connectivity index (χ2n) is 9.39. The fraction of sp³-hybridized carbons (Fsp3) is 0.310. The number of carbonyl (C=O) groups excluding carboxylic acids is 2. The molecule has 38 heavy (non-hydrogen) atoms. The van der Waals surface area contributed by atoms with Crippen molar-refractivity contribution in [2.75, 3.05) is 31.3 Å². The summed E-state index contributed by atoms with van der Waals surface area (Å²) in [5, 5.41) is 3.21. The molecule has 8 nitrogen and oxygen atoms in total. The molecule has 1 aliphatic carbocycles. The molecule has 3 aliphatic rings. The summed E-state index contributed by atoms with van der Waals surface area (Å²) in [4.78, 5) is 34.1. The van der Waals surface area contributed by atoms with Crippen molar-refractivity contribution < 1.29 is 19.1 Å². The molecule has 1 N–H and O–H groups in total. The Morgan fingerprint density at radius 2 is 1.97 bits per heavy atom. The zero-order valence-corrected chi connectivity index (χ0v) is 22.3. The summed E-state index contributed by atoms with van der Waals surface area (Å²) >= 11 is 5.41. The molecule has 2 aromatic carbocycles. The van der Waals surface area contributed by atoms with Gasteiger partial charge in [-0.15, -0.1) is 0 Å². The number of nitrogens with zero attached hydrogens (tertiary/aromatic N) is 3. The lowest BCUT2D eigenvalue weighted by molar-refractivity contribution is -0.129. The van der Waals surface area contributed by atoms with E-state index in [4.69, 9.17) is 21.7 Å². The number of aliphatic imine (C=N–C) groups is 1. The number of carbonyl (C=O) groups is 2. The maximum Gasteiger partial charge on any atom is 0.251 e. The monoisotopic (exact) mass is 530 g/mol. The lowest BCUT2D eigenvalue weighted by Gasteiger charge is -2.30. The van der Waals surface area contributed by atoms with Gasteiger partial charge >= 0.3 is 0 Å². The van der Waals surface area contributed by atoms with E-state index in [1.165, 1.54) is 16.2 Å². The Morgan fingerprint density at radius 1 is 1.18 bits per heavy atom. The number of rotatable bonds is 9. The fourth-order valence-electron chi connectivity index (χ4n) is 4.69. The fourth-order valence-corrected chi connectivity index (χ4v) is 4.95. The van der Waals surface area contributed by atoms with Crippen LogP contribution in [0, 0.1) is 12.8 Å². The van der Waals surface area contributed by atoms with Crippen molar-refractivity contribution in [3.05, 3.63) is 88.9 Å². The number of allylic oxidation sites excluding steroid dienone is 1. The molecule has 2 amide bonds. The molecule has 0 saturated carbocycles. The van der Waals surface area contributed by atoms with Crippen LogP contribution < -0.4 is 10.2 Å². The van der Waals surface area contributed by atoms with E-state index in [9.17, 15) is 9.59 Å². The van der Waals surface area contributed by atoms with Crippen LogP contribution in [-0.2, 0) is 20.8 Å². The Morgan fingerprint density at radius 3 is 2.74 bits per heavy atom. The van der Waals surface area contributed by atoms with Crippen molar-refractivity contribution in [3.8, 4) is 0 Å². The Labute approximate surface area is 227 Å². The number of fused-ring (bicyclic) bond motifs is 2. The summed E-state index contributed by atoms with van der Waals surface area (Å²) in [6.45, 7) is 6.98. The van der Waals surface area contributed by atoms with Crippen LogP contribution in [0.25, 0.3) is 0 Å². The van der Waals surface area contributed by atoms with Crippen LogP contribution in [0.2, 0.25) is 0 Å². The van der Waals surface area contributed by atoms with Crippen LogP contribution in [0.15, 0.2) is 77.2 Å².